The number of anilines is 1. The van der Waals surface area contributed by atoms with Crippen LogP contribution in [0.4, 0.5) is 5.69 Å². The van der Waals surface area contributed by atoms with Gasteiger partial charge in [-0.2, -0.15) is 0 Å². The molecule has 7 heteroatoms. The Morgan fingerprint density at radius 3 is 2.53 bits per heavy atom. The largest absolute Gasteiger partial charge is 0.459 e. The highest BCUT2D eigenvalue weighted by Crippen LogP contribution is 2.43. The Morgan fingerprint density at radius 2 is 1.78 bits per heavy atom. The number of thiocarbonyl (C=S) groups is 1. The van der Waals surface area contributed by atoms with Gasteiger partial charge in [-0.15, -0.1) is 0 Å². The lowest BCUT2D eigenvalue weighted by atomic mass is 10.0. The zero-order valence-corrected chi connectivity index (χ0v) is 19.5. The number of nitrogens with one attached hydrogen (secondary N) is 1. The topological polar surface area (TPSA) is 41.3 Å². The van der Waals surface area contributed by atoms with Crippen molar-refractivity contribution in [3.63, 3.8) is 0 Å². The van der Waals surface area contributed by atoms with E-state index in [4.69, 9.17) is 39.8 Å². The summed E-state index contributed by atoms with van der Waals surface area (Å²) in [6.45, 7) is 1.99. The second kappa shape index (κ2) is 8.58. The van der Waals surface area contributed by atoms with Gasteiger partial charge in [0.25, 0.3) is 0 Å². The Labute approximate surface area is 201 Å². The third-order valence-electron chi connectivity index (χ3n) is 5.65. The molecule has 0 radical (unpaired) electrons. The molecule has 1 aliphatic rings. The number of hydrogen-bond donors (Lipinski definition) is 1. The van der Waals surface area contributed by atoms with E-state index in [1.165, 1.54) is 0 Å². The van der Waals surface area contributed by atoms with Crippen LogP contribution in [-0.4, -0.2) is 10.1 Å². The number of hydrogen-bond acceptors (Lipinski definition) is 3. The fourth-order valence-electron chi connectivity index (χ4n) is 4.05. The van der Waals surface area contributed by atoms with Crippen LogP contribution in [0.25, 0.3) is 11.3 Å². The van der Waals surface area contributed by atoms with Crippen molar-refractivity contribution in [2.45, 2.75) is 19.0 Å². The van der Waals surface area contributed by atoms with Gasteiger partial charge in [0.05, 0.1) is 11.7 Å². The maximum atomic E-state index is 6.41. The average molecular weight is 480 g/mol. The van der Waals surface area contributed by atoms with Gasteiger partial charge in [0, 0.05) is 27.5 Å². The van der Waals surface area contributed by atoms with Crippen molar-refractivity contribution in [3.8, 4) is 11.3 Å². The van der Waals surface area contributed by atoms with Gasteiger partial charge >= 0.3 is 0 Å². The summed E-state index contributed by atoms with van der Waals surface area (Å²) in [5.74, 6) is 1.53. The molecular weight excluding hydrogens is 461 g/mol. The lowest BCUT2D eigenvalue weighted by Crippen LogP contribution is -2.29. The molecule has 0 amide bonds. The molecule has 2 aromatic carbocycles. The van der Waals surface area contributed by atoms with Crippen LogP contribution in [0.1, 0.15) is 29.1 Å². The number of nitrogens with zero attached hydrogens (tertiary/aromatic N) is 2. The first-order valence-electron chi connectivity index (χ1n) is 10.1. The van der Waals surface area contributed by atoms with Gasteiger partial charge in [0.2, 0.25) is 0 Å². The predicted molar refractivity (Wildman–Crippen MR) is 133 cm³/mol. The average Bonchev–Trinajstić information content (AvgIpc) is 3.41. The minimum Gasteiger partial charge on any atom is -0.459 e. The summed E-state index contributed by atoms with van der Waals surface area (Å²) in [5.41, 5.74) is 3.75. The molecule has 0 aliphatic carbocycles. The number of halogens is 2. The van der Waals surface area contributed by atoms with E-state index < -0.39 is 0 Å². The van der Waals surface area contributed by atoms with Gasteiger partial charge in [-0.3, -0.25) is 4.98 Å². The van der Waals surface area contributed by atoms with Crippen LogP contribution in [0.2, 0.25) is 10.0 Å². The maximum absolute atomic E-state index is 6.41. The normalized spacial score (nSPS) is 18.1. The molecule has 1 N–H and O–H groups in total. The SMILES string of the molecule is Cc1c(Cl)cccc1-c1ccc([C@@H]2[C@H](c3ccccn3)NC(=S)N2c2ccc(Cl)cc2)o1. The highest BCUT2D eigenvalue weighted by atomic mass is 35.5. The molecule has 32 heavy (non-hydrogen) atoms. The van der Waals surface area contributed by atoms with Crippen LogP contribution < -0.4 is 10.2 Å². The first kappa shape index (κ1) is 21.0. The Kier molecular flexibility index (Phi) is 5.64. The third-order valence-corrected chi connectivity index (χ3v) is 6.63. The zero-order valence-electron chi connectivity index (χ0n) is 17.1. The Bertz CT molecular complexity index is 1270. The molecule has 0 spiro atoms. The van der Waals surface area contributed by atoms with Crippen molar-refractivity contribution in [1.29, 1.82) is 0 Å². The molecule has 160 valence electrons. The van der Waals surface area contributed by atoms with Crippen LogP contribution in [0.3, 0.4) is 0 Å². The van der Waals surface area contributed by atoms with Crippen LogP contribution in [-0.2, 0) is 0 Å². The molecule has 1 aliphatic heterocycles. The third kappa shape index (κ3) is 3.77. The van der Waals surface area contributed by atoms with Crippen molar-refractivity contribution >= 4 is 46.2 Å². The Balaban J connectivity index is 1.61. The highest BCUT2D eigenvalue weighted by molar-refractivity contribution is 7.80. The van der Waals surface area contributed by atoms with Gasteiger partial charge in [-0.1, -0.05) is 41.4 Å². The van der Waals surface area contributed by atoms with Gasteiger partial charge in [0.15, 0.2) is 5.11 Å². The highest BCUT2D eigenvalue weighted by Gasteiger charge is 2.42. The van der Waals surface area contributed by atoms with E-state index in [2.05, 4.69) is 15.2 Å². The van der Waals surface area contributed by atoms with Gasteiger partial charge in [-0.25, -0.2) is 0 Å². The standard InChI is InChI=1S/C25H19Cl2N3OS/c1-15-18(5-4-6-19(15)27)21-12-13-22(31-21)24-23(20-7-2-3-14-28-20)29-25(32)30(24)17-10-8-16(26)9-11-17/h2-14,23-24H,1H3,(H,29,32)/t23-,24+/m0/s1. The summed E-state index contributed by atoms with van der Waals surface area (Å²) in [7, 11) is 0. The molecule has 3 heterocycles. The number of pyridine rings is 1. The molecule has 0 bridgehead atoms. The summed E-state index contributed by atoms with van der Waals surface area (Å²) in [6.07, 6.45) is 1.78. The quantitative estimate of drug-likeness (QED) is 0.315. The first-order chi connectivity index (χ1) is 15.5. The second-order valence-corrected chi connectivity index (χ2v) is 8.82. The van der Waals surface area contributed by atoms with E-state index in [9.17, 15) is 0 Å². The Hall–Kier alpha value is -2.86. The molecule has 4 nitrogen and oxygen atoms in total. The lowest BCUT2D eigenvalue weighted by Gasteiger charge is -2.26. The zero-order chi connectivity index (χ0) is 22.2. The van der Waals surface area contributed by atoms with Crippen molar-refractivity contribution in [1.82, 2.24) is 10.3 Å². The maximum Gasteiger partial charge on any atom is 0.174 e. The second-order valence-electron chi connectivity index (χ2n) is 7.59. The number of furan rings is 1. The smallest absolute Gasteiger partial charge is 0.174 e. The number of aromatic nitrogens is 1. The fraction of sp³-hybridized carbons (Fsp3) is 0.120. The van der Waals surface area contributed by atoms with Crippen molar-refractivity contribution in [3.05, 3.63) is 106 Å². The molecule has 5 rings (SSSR count). The van der Waals surface area contributed by atoms with Gasteiger partial charge < -0.3 is 14.6 Å². The predicted octanol–water partition coefficient (Wildman–Crippen LogP) is 7.13. The van der Waals surface area contributed by atoms with Crippen LogP contribution in [0.15, 0.2) is 83.4 Å². The fourth-order valence-corrected chi connectivity index (χ4v) is 4.70. The molecule has 4 aromatic rings. The summed E-state index contributed by atoms with van der Waals surface area (Å²) in [6, 6.07) is 22.8. The van der Waals surface area contributed by atoms with E-state index in [-0.39, 0.29) is 12.1 Å². The first-order valence-corrected chi connectivity index (χ1v) is 11.3. The van der Waals surface area contributed by atoms with Crippen molar-refractivity contribution < 1.29 is 4.42 Å². The molecule has 2 atom stereocenters. The van der Waals surface area contributed by atoms with E-state index >= 15 is 0 Å². The number of benzene rings is 2. The summed E-state index contributed by atoms with van der Waals surface area (Å²) in [4.78, 5) is 6.63. The monoisotopic (exact) mass is 479 g/mol. The number of rotatable bonds is 4. The van der Waals surface area contributed by atoms with E-state index in [1.54, 1.807) is 6.20 Å². The lowest BCUT2D eigenvalue weighted by molar-refractivity contribution is 0.439. The minimum absolute atomic E-state index is 0.182. The van der Waals surface area contributed by atoms with Gasteiger partial charge in [0.1, 0.15) is 17.6 Å². The molecule has 1 fully saturated rings. The summed E-state index contributed by atoms with van der Waals surface area (Å²) in [5, 5.41) is 5.41. The Morgan fingerprint density at radius 1 is 0.969 bits per heavy atom. The van der Waals surface area contributed by atoms with E-state index in [0.717, 1.165) is 34.0 Å². The minimum atomic E-state index is -0.230. The molecule has 2 aromatic heterocycles. The summed E-state index contributed by atoms with van der Waals surface area (Å²) >= 11 is 18.2. The molecule has 0 unspecified atom stereocenters. The molecular formula is C25H19Cl2N3OS. The van der Waals surface area contributed by atoms with E-state index in [0.29, 0.717) is 15.2 Å². The molecule has 0 saturated carbocycles. The van der Waals surface area contributed by atoms with Crippen molar-refractivity contribution in [2.24, 2.45) is 0 Å². The summed E-state index contributed by atoms with van der Waals surface area (Å²) < 4.78 is 6.41. The van der Waals surface area contributed by atoms with Crippen molar-refractivity contribution in [2.75, 3.05) is 4.90 Å². The van der Waals surface area contributed by atoms with Crippen LogP contribution in [0.5, 0.6) is 0 Å². The molecule has 1 saturated heterocycles. The van der Waals surface area contributed by atoms with Crippen LogP contribution in [0, 0.1) is 6.92 Å². The van der Waals surface area contributed by atoms with Crippen LogP contribution >= 0.6 is 35.4 Å². The van der Waals surface area contributed by atoms with E-state index in [1.807, 2.05) is 79.7 Å². The van der Waals surface area contributed by atoms with Gasteiger partial charge in [-0.05, 0) is 79.3 Å².